The van der Waals surface area contributed by atoms with E-state index >= 15 is 0 Å². The quantitative estimate of drug-likeness (QED) is 0.673. The molecule has 0 aromatic carbocycles. The van der Waals surface area contributed by atoms with E-state index in [4.69, 9.17) is 4.74 Å². The van der Waals surface area contributed by atoms with E-state index < -0.39 is 0 Å². The first-order valence-electron chi connectivity index (χ1n) is 5.77. The van der Waals surface area contributed by atoms with Crippen molar-refractivity contribution in [2.75, 3.05) is 33.4 Å². The first-order valence-corrected chi connectivity index (χ1v) is 5.77. The lowest BCUT2D eigenvalue weighted by molar-refractivity contribution is 0.0945. The predicted octanol–water partition coefficient (Wildman–Crippen LogP) is 0.299. The molecule has 0 atom stereocenters. The molecular weight excluding hydrogens is 218 g/mol. The molecule has 1 heterocycles. The molecule has 2 N–H and O–H groups in total. The van der Waals surface area contributed by atoms with Gasteiger partial charge in [-0.2, -0.15) is 0 Å². The van der Waals surface area contributed by atoms with Gasteiger partial charge in [0.2, 0.25) is 0 Å². The zero-order valence-electron chi connectivity index (χ0n) is 10.7. The number of aromatic nitrogens is 1. The van der Waals surface area contributed by atoms with Crippen molar-refractivity contribution in [1.82, 2.24) is 15.2 Å². The van der Waals surface area contributed by atoms with Crippen LogP contribution in [0.3, 0.4) is 0 Å². The molecular formula is C12H21N3O2. The number of ether oxygens (including phenoxy) is 1. The Balaban J connectivity index is 2.24. The molecule has 5 heteroatoms. The fraction of sp³-hybridized carbons (Fsp3) is 0.583. The SMILES string of the molecule is COCCNCCNC(=O)c1ccc(C)n1C. The van der Waals surface area contributed by atoms with E-state index in [1.54, 1.807) is 7.11 Å². The van der Waals surface area contributed by atoms with Gasteiger partial charge in [-0.1, -0.05) is 0 Å². The van der Waals surface area contributed by atoms with Crippen LogP contribution < -0.4 is 10.6 Å². The Morgan fingerprint density at radius 2 is 2.12 bits per heavy atom. The Morgan fingerprint density at radius 1 is 1.35 bits per heavy atom. The van der Waals surface area contributed by atoms with Crippen molar-refractivity contribution in [2.45, 2.75) is 6.92 Å². The standard InChI is InChI=1S/C12H21N3O2/c1-10-4-5-11(15(10)2)12(16)14-7-6-13-8-9-17-3/h4-5,13H,6-9H2,1-3H3,(H,14,16). The molecule has 0 unspecified atom stereocenters. The van der Waals surface area contributed by atoms with E-state index in [1.807, 2.05) is 30.7 Å². The molecule has 0 radical (unpaired) electrons. The Labute approximate surface area is 102 Å². The summed E-state index contributed by atoms with van der Waals surface area (Å²) >= 11 is 0. The number of nitrogens with zero attached hydrogens (tertiary/aromatic N) is 1. The number of hydrogen-bond donors (Lipinski definition) is 2. The summed E-state index contributed by atoms with van der Waals surface area (Å²) in [4.78, 5) is 11.8. The zero-order chi connectivity index (χ0) is 12.7. The third kappa shape index (κ3) is 4.20. The monoisotopic (exact) mass is 239 g/mol. The minimum Gasteiger partial charge on any atom is -0.383 e. The highest BCUT2D eigenvalue weighted by Gasteiger charge is 2.09. The second-order valence-electron chi connectivity index (χ2n) is 3.92. The lowest BCUT2D eigenvalue weighted by atomic mass is 10.4. The molecule has 5 nitrogen and oxygen atoms in total. The summed E-state index contributed by atoms with van der Waals surface area (Å²) < 4.78 is 6.79. The van der Waals surface area contributed by atoms with Crippen LogP contribution >= 0.6 is 0 Å². The summed E-state index contributed by atoms with van der Waals surface area (Å²) in [5.74, 6) is -0.0332. The molecule has 0 aliphatic rings. The Kier molecular flexibility index (Phi) is 5.72. The highest BCUT2D eigenvalue weighted by molar-refractivity contribution is 5.92. The van der Waals surface area contributed by atoms with E-state index in [0.29, 0.717) is 18.8 Å². The van der Waals surface area contributed by atoms with E-state index in [1.165, 1.54) is 0 Å². The van der Waals surface area contributed by atoms with Gasteiger partial charge in [-0.3, -0.25) is 4.79 Å². The van der Waals surface area contributed by atoms with Crippen LogP contribution in [0, 0.1) is 6.92 Å². The minimum absolute atomic E-state index is 0.0332. The maximum Gasteiger partial charge on any atom is 0.267 e. The highest BCUT2D eigenvalue weighted by Crippen LogP contribution is 2.04. The van der Waals surface area contributed by atoms with Gasteiger partial charge >= 0.3 is 0 Å². The summed E-state index contributed by atoms with van der Waals surface area (Å²) in [6.07, 6.45) is 0. The smallest absolute Gasteiger partial charge is 0.267 e. The molecule has 0 saturated heterocycles. The fourth-order valence-corrected chi connectivity index (χ4v) is 1.50. The number of hydrogen-bond acceptors (Lipinski definition) is 3. The van der Waals surface area contributed by atoms with Gasteiger partial charge in [0, 0.05) is 39.5 Å². The average molecular weight is 239 g/mol. The van der Waals surface area contributed by atoms with Crippen molar-refractivity contribution in [2.24, 2.45) is 7.05 Å². The second-order valence-corrected chi connectivity index (χ2v) is 3.92. The predicted molar refractivity (Wildman–Crippen MR) is 67.2 cm³/mol. The number of amides is 1. The van der Waals surface area contributed by atoms with Gasteiger partial charge in [0.05, 0.1) is 6.61 Å². The summed E-state index contributed by atoms with van der Waals surface area (Å²) in [6.45, 7) is 4.83. The molecule has 0 aliphatic heterocycles. The molecule has 1 rings (SSSR count). The lowest BCUT2D eigenvalue weighted by Crippen LogP contribution is -2.33. The van der Waals surface area contributed by atoms with Crippen LogP contribution in [0.25, 0.3) is 0 Å². The van der Waals surface area contributed by atoms with Crippen LogP contribution in [0.1, 0.15) is 16.2 Å². The van der Waals surface area contributed by atoms with Crippen molar-refractivity contribution in [1.29, 1.82) is 0 Å². The van der Waals surface area contributed by atoms with Crippen molar-refractivity contribution >= 4 is 5.91 Å². The van der Waals surface area contributed by atoms with Crippen LogP contribution in [0.15, 0.2) is 12.1 Å². The molecule has 1 amide bonds. The fourth-order valence-electron chi connectivity index (χ4n) is 1.50. The first kappa shape index (κ1) is 13.7. The molecule has 0 bridgehead atoms. The van der Waals surface area contributed by atoms with Crippen molar-refractivity contribution < 1.29 is 9.53 Å². The van der Waals surface area contributed by atoms with E-state index in [9.17, 15) is 4.79 Å². The first-order chi connectivity index (χ1) is 8.16. The minimum atomic E-state index is -0.0332. The third-order valence-corrected chi connectivity index (χ3v) is 2.68. The molecule has 0 saturated carbocycles. The molecule has 1 aromatic heterocycles. The summed E-state index contributed by atoms with van der Waals surface area (Å²) in [5, 5.41) is 6.03. The number of methoxy groups -OCH3 is 1. The van der Waals surface area contributed by atoms with E-state index in [2.05, 4.69) is 10.6 Å². The van der Waals surface area contributed by atoms with Crippen molar-refractivity contribution in [3.05, 3.63) is 23.5 Å². The van der Waals surface area contributed by atoms with Crippen molar-refractivity contribution in [3.8, 4) is 0 Å². The molecule has 17 heavy (non-hydrogen) atoms. The van der Waals surface area contributed by atoms with Crippen LogP contribution in [-0.4, -0.2) is 43.8 Å². The maximum absolute atomic E-state index is 11.8. The Hall–Kier alpha value is -1.33. The van der Waals surface area contributed by atoms with Crippen LogP contribution in [0.5, 0.6) is 0 Å². The molecule has 0 aliphatic carbocycles. The molecule has 96 valence electrons. The molecule has 0 fully saturated rings. The molecule has 1 aromatic rings. The summed E-state index contributed by atoms with van der Waals surface area (Å²) in [6, 6.07) is 3.77. The third-order valence-electron chi connectivity index (χ3n) is 2.68. The van der Waals surface area contributed by atoms with Gasteiger partial charge in [-0.25, -0.2) is 0 Å². The summed E-state index contributed by atoms with van der Waals surface area (Å²) in [7, 11) is 3.56. The van der Waals surface area contributed by atoms with Gasteiger partial charge < -0.3 is 19.9 Å². The van der Waals surface area contributed by atoms with E-state index in [-0.39, 0.29) is 5.91 Å². The normalized spacial score (nSPS) is 10.5. The van der Waals surface area contributed by atoms with Crippen molar-refractivity contribution in [3.63, 3.8) is 0 Å². The topological polar surface area (TPSA) is 55.3 Å². The van der Waals surface area contributed by atoms with Gasteiger partial charge in [-0.05, 0) is 19.1 Å². The largest absolute Gasteiger partial charge is 0.383 e. The highest BCUT2D eigenvalue weighted by atomic mass is 16.5. The number of carbonyl (C=O) groups excluding carboxylic acids is 1. The van der Waals surface area contributed by atoms with Crippen LogP contribution in [0.2, 0.25) is 0 Å². The number of carbonyl (C=O) groups is 1. The van der Waals surface area contributed by atoms with Gasteiger partial charge in [-0.15, -0.1) is 0 Å². The molecule has 0 spiro atoms. The zero-order valence-corrected chi connectivity index (χ0v) is 10.7. The van der Waals surface area contributed by atoms with Gasteiger partial charge in [0.25, 0.3) is 5.91 Å². The summed E-state index contributed by atoms with van der Waals surface area (Å²) in [5.41, 5.74) is 1.77. The average Bonchev–Trinajstić information content (AvgIpc) is 2.64. The Morgan fingerprint density at radius 3 is 2.71 bits per heavy atom. The van der Waals surface area contributed by atoms with Crippen LogP contribution in [0.4, 0.5) is 0 Å². The second kappa shape index (κ2) is 7.09. The van der Waals surface area contributed by atoms with E-state index in [0.717, 1.165) is 18.8 Å². The maximum atomic E-state index is 11.8. The number of nitrogens with one attached hydrogen (secondary N) is 2. The lowest BCUT2D eigenvalue weighted by Gasteiger charge is -2.08. The van der Waals surface area contributed by atoms with Crippen LogP contribution in [-0.2, 0) is 11.8 Å². The number of rotatable bonds is 7. The van der Waals surface area contributed by atoms with Gasteiger partial charge in [0.1, 0.15) is 5.69 Å². The number of aryl methyl sites for hydroxylation is 1. The van der Waals surface area contributed by atoms with Gasteiger partial charge in [0.15, 0.2) is 0 Å². The Bertz CT molecular complexity index is 361.